The number of benzene rings is 1. The molecule has 0 saturated carbocycles. The average molecular weight is 479 g/mol. The minimum Gasteiger partial charge on any atom is -0.478 e. The highest BCUT2D eigenvalue weighted by molar-refractivity contribution is 6.06. The predicted molar refractivity (Wildman–Crippen MR) is 131 cm³/mol. The van der Waals surface area contributed by atoms with Gasteiger partial charge in [-0.25, -0.2) is 9.59 Å². The number of carboxylic acid groups (broad SMARTS) is 1. The Morgan fingerprint density at radius 2 is 1.89 bits per heavy atom. The van der Waals surface area contributed by atoms with Crippen LogP contribution in [0.1, 0.15) is 29.9 Å². The van der Waals surface area contributed by atoms with Gasteiger partial charge in [-0.3, -0.25) is 14.7 Å². The molecule has 2 N–H and O–H groups in total. The number of ketones is 1. The van der Waals surface area contributed by atoms with Gasteiger partial charge in [0.1, 0.15) is 0 Å². The number of aromatic carboxylic acids is 1. The number of nitrogens with zero attached hydrogens (tertiary/aromatic N) is 3. The van der Waals surface area contributed by atoms with E-state index >= 15 is 0 Å². The Bertz CT molecular complexity index is 1110. The number of Topliss-reactive ketones (excluding diaryl/α,β-unsaturated/α-hetero) is 1. The molecular weight excluding hydrogens is 448 g/mol. The van der Waals surface area contributed by atoms with Gasteiger partial charge in [0.2, 0.25) is 0 Å². The number of nitrogens with one attached hydrogen (secondary N) is 1. The fraction of sp³-hybridized carbons (Fsp3) is 0.385. The lowest BCUT2D eigenvalue weighted by Crippen LogP contribution is -2.62. The molecule has 0 aliphatic carbocycles. The summed E-state index contributed by atoms with van der Waals surface area (Å²) in [5.41, 5.74) is 0.960. The summed E-state index contributed by atoms with van der Waals surface area (Å²) in [5, 5.41) is 12.0. The summed E-state index contributed by atoms with van der Waals surface area (Å²) < 4.78 is 5.47. The molecule has 1 atom stereocenters. The third-order valence-corrected chi connectivity index (χ3v) is 6.62. The zero-order valence-corrected chi connectivity index (χ0v) is 19.9. The molecule has 1 aromatic heterocycles. The molecule has 0 radical (unpaired) electrons. The fourth-order valence-electron chi connectivity index (χ4n) is 4.53. The molecule has 2 amide bonds. The molecule has 184 valence electrons. The molecule has 2 aliphatic rings. The summed E-state index contributed by atoms with van der Waals surface area (Å²) in [7, 11) is 0. The predicted octanol–water partition coefficient (Wildman–Crippen LogP) is 3.01. The van der Waals surface area contributed by atoms with Crippen LogP contribution in [0.3, 0.4) is 0 Å². The summed E-state index contributed by atoms with van der Waals surface area (Å²) in [6.45, 7) is 7.17. The number of morpholine rings is 1. The maximum absolute atomic E-state index is 13.6. The number of piperidine rings is 1. The van der Waals surface area contributed by atoms with Crippen LogP contribution in [0.5, 0.6) is 0 Å². The van der Waals surface area contributed by atoms with E-state index in [2.05, 4.69) is 15.2 Å². The van der Waals surface area contributed by atoms with E-state index in [4.69, 9.17) is 9.84 Å². The highest BCUT2D eigenvalue weighted by Gasteiger charge is 2.48. The summed E-state index contributed by atoms with van der Waals surface area (Å²) in [5.74, 6) is -1.04. The highest BCUT2D eigenvalue weighted by atomic mass is 16.5. The summed E-state index contributed by atoms with van der Waals surface area (Å²) >= 11 is 0. The molecule has 2 aromatic rings. The van der Waals surface area contributed by atoms with Gasteiger partial charge in [-0.15, -0.1) is 0 Å². The Morgan fingerprint density at radius 1 is 1.17 bits per heavy atom. The summed E-state index contributed by atoms with van der Waals surface area (Å²) in [4.78, 5) is 46.5. The molecule has 0 spiro atoms. The van der Waals surface area contributed by atoms with Crippen LogP contribution in [-0.2, 0) is 9.53 Å². The Balaban J connectivity index is 1.63. The van der Waals surface area contributed by atoms with Gasteiger partial charge in [-0.05, 0) is 42.5 Å². The molecule has 9 nitrogen and oxygen atoms in total. The number of pyridine rings is 1. The van der Waals surface area contributed by atoms with Crippen molar-refractivity contribution in [3.8, 4) is 0 Å². The summed E-state index contributed by atoms with van der Waals surface area (Å²) in [6, 6.07) is 10.8. The number of hydrogen-bond acceptors (Lipinski definition) is 6. The Hall–Kier alpha value is -3.56. The number of carboxylic acids is 1. The minimum absolute atomic E-state index is 0.00345. The van der Waals surface area contributed by atoms with E-state index in [1.165, 1.54) is 12.1 Å². The van der Waals surface area contributed by atoms with Crippen molar-refractivity contribution in [2.24, 2.45) is 5.41 Å². The molecule has 9 heteroatoms. The van der Waals surface area contributed by atoms with Gasteiger partial charge in [0.15, 0.2) is 5.78 Å². The van der Waals surface area contributed by atoms with Gasteiger partial charge in [-0.1, -0.05) is 19.9 Å². The van der Waals surface area contributed by atoms with E-state index in [1.807, 2.05) is 32.0 Å². The van der Waals surface area contributed by atoms with E-state index in [-0.39, 0.29) is 30.0 Å². The molecule has 2 saturated heterocycles. The molecule has 0 bridgehead atoms. The Labute approximate surface area is 204 Å². The molecular formula is C26H30N4O5. The van der Waals surface area contributed by atoms with Crippen LogP contribution in [-0.4, -0.2) is 83.1 Å². The monoisotopic (exact) mass is 478 g/mol. The second-order valence-corrected chi connectivity index (χ2v) is 9.34. The van der Waals surface area contributed by atoms with Crippen LogP contribution < -0.4 is 5.32 Å². The number of anilines is 1. The zero-order chi connectivity index (χ0) is 25.0. The van der Waals surface area contributed by atoms with Crippen molar-refractivity contribution >= 4 is 29.5 Å². The topological polar surface area (TPSA) is 112 Å². The first-order valence-corrected chi connectivity index (χ1v) is 11.6. The Morgan fingerprint density at radius 3 is 2.51 bits per heavy atom. The van der Waals surface area contributed by atoms with E-state index in [1.54, 1.807) is 29.3 Å². The number of ether oxygens (including phenoxy) is 1. The quantitative estimate of drug-likeness (QED) is 0.636. The molecule has 35 heavy (non-hydrogen) atoms. The van der Waals surface area contributed by atoms with Gasteiger partial charge in [0.05, 0.1) is 37.1 Å². The average Bonchev–Trinajstić information content (AvgIpc) is 2.85. The van der Waals surface area contributed by atoms with Crippen molar-refractivity contribution in [2.75, 3.05) is 44.7 Å². The molecule has 2 fully saturated rings. The normalized spacial score (nSPS) is 21.7. The van der Waals surface area contributed by atoms with Crippen molar-refractivity contribution in [1.82, 2.24) is 14.8 Å². The molecule has 1 aromatic carbocycles. The Kier molecular flexibility index (Phi) is 7.28. The summed E-state index contributed by atoms with van der Waals surface area (Å²) in [6.07, 6.45) is 3.41. The number of urea groups is 1. The molecule has 3 heterocycles. The van der Waals surface area contributed by atoms with Gasteiger partial charge in [0, 0.05) is 42.5 Å². The van der Waals surface area contributed by atoms with Crippen LogP contribution in [0.4, 0.5) is 10.5 Å². The lowest BCUT2D eigenvalue weighted by Gasteiger charge is -2.48. The number of rotatable bonds is 5. The lowest BCUT2D eigenvalue weighted by atomic mass is 9.73. The largest absolute Gasteiger partial charge is 0.478 e. The van der Waals surface area contributed by atoms with Crippen molar-refractivity contribution in [3.63, 3.8) is 0 Å². The van der Waals surface area contributed by atoms with Crippen LogP contribution in [0, 0.1) is 5.41 Å². The zero-order valence-electron chi connectivity index (χ0n) is 19.9. The molecule has 4 rings (SSSR count). The second-order valence-electron chi connectivity index (χ2n) is 9.34. The maximum Gasteiger partial charge on any atom is 0.335 e. The number of amides is 2. The first-order valence-electron chi connectivity index (χ1n) is 11.6. The second kappa shape index (κ2) is 10.4. The number of aromatic nitrogens is 1. The van der Waals surface area contributed by atoms with E-state index in [9.17, 15) is 14.4 Å². The van der Waals surface area contributed by atoms with Crippen LogP contribution in [0.15, 0.2) is 54.2 Å². The first kappa shape index (κ1) is 24.6. The highest BCUT2D eigenvalue weighted by Crippen LogP contribution is 2.36. The maximum atomic E-state index is 13.6. The van der Waals surface area contributed by atoms with Crippen molar-refractivity contribution in [3.05, 3.63) is 65.5 Å². The van der Waals surface area contributed by atoms with E-state index in [0.717, 1.165) is 13.1 Å². The first-order chi connectivity index (χ1) is 16.8. The molecule has 1 unspecified atom stereocenters. The number of hydrogen-bond donors (Lipinski definition) is 2. The van der Waals surface area contributed by atoms with Crippen LogP contribution in [0.2, 0.25) is 0 Å². The standard InChI is InChI=1S/C26H30N4O5/c1-26(2)22(17-29-11-13-35-14-12-29)30(16-19(23(26)31)15-21-5-3-4-10-27-21)25(34)28-20-8-6-18(7-9-20)24(32)33/h3-10,15,22H,11-14,16-17H2,1-2H3,(H,28,34)(H,32,33). The lowest BCUT2D eigenvalue weighted by molar-refractivity contribution is -0.129. The van der Waals surface area contributed by atoms with Gasteiger partial charge < -0.3 is 20.1 Å². The van der Waals surface area contributed by atoms with Gasteiger partial charge in [0.25, 0.3) is 0 Å². The SMILES string of the molecule is CC1(C)C(=O)C(=Cc2ccccn2)CN(C(=O)Nc2ccc(C(=O)O)cc2)C1CN1CCOCC1. The fourth-order valence-corrected chi connectivity index (χ4v) is 4.53. The number of carbonyl (C=O) groups excluding carboxylic acids is 2. The van der Waals surface area contributed by atoms with Crippen molar-refractivity contribution in [2.45, 2.75) is 19.9 Å². The van der Waals surface area contributed by atoms with Crippen LogP contribution >= 0.6 is 0 Å². The van der Waals surface area contributed by atoms with Gasteiger partial charge in [-0.2, -0.15) is 0 Å². The third kappa shape index (κ3) is 5.58. The minimum atomic E-state index is -1.03. The van der Waals surface area contributed by atoms with Crippen LogP contribution in [0.25, 0.3) is 6.08 Å². The van der Waals surface area contributed by atoms with E-state index < -0.39 is 11.4 Å². The van der Waals surface area contributed by atoms with E-state index in [0.29, 0.717) is 36.7 Å². The smallest absolute Gasteiger partial charge is 0.335 e. The van der Waals surface area contributed by atoms with Crippen molar-refractivity contribution in [1.29, 1.82) is 0 Å². The number of likely N-dealkylation sites (tertiary alicyclic amines) is 1. The number of carbonyl (C=O) groups is 3. The van der Waals surface area contributed by atoms with Crippen molar-refractivity contribution < 1.29 is 24.2 Å². The molecule has 2 aliphatic heterocycles. The third-order valence-electron chi connectivity index (χ3n) is 6.62. The van der Waals surface area contributed by atoms with Gasteiger partial charge >= 0.3 is 12.0 Å².